The molecule has 1 amide bonds. The molecule has 0 spiro atoms. The summed E-state index contributed by atoms with van der Waals surface area (Å²) in [6, 6.07) is 0. The van der Waals surface area contributed by atoms with Gasteiger partial charge in [-0.2, -0.15) is 12.7 Å². The molecule has 0 bridgehead atoms. The molecule has 1 aliphatic heterocycles. The zero-order valence-corrected chi connectivity index (χ0v) is 12.0. The predicted molar refractivity (Wildman–Crippen MR) is 70.8 cm³/mol. The van der Waals surface area contributed by atoms with Crippen LogP contribution >= 0.6 is 0 Å². The molecule has 8 nitrogen and oxygen atoms in total. The Hall–Kier alpha value is -0.900. The molecule has 0 aliphatic carbocycles. The fourth-order valence-corrected chi connectivity index (χ4v) is 2.95. The van der Waals surface area contributed by atoms with Gasteiger partial charge in [-0.1, -0.05) is 0 Å². The molecule has 112 valence electrons. The summed E-state index contributed by atoms with van der Waals surface area (Å²) in [6.07, 6.45) is 1.02. The Morgan fingerprint density at radius 1 is 1.26 bits per heavy atom. The second kappa shape index (κ2) is 7.63. The largest absolute Gasteiger partial charge is 0.452 e. The van der Waals surface area contributed by atoms with E-state index in [0.29, 0.717) is 32.7 Å². The summed E-state index contributed by atoms with van der Waals surface area (Å²) >= 11 is 0. The highest BCUT2D eigenvalue weighted by molar-refractivity contribution is 7.87. The zero-order valence-electron chi connectivity index (χ0n) is 11.2. The van der Waals surface area contributed by atoms with Crippen molar-refractivity contribution in [2.24, 2.45) is 5.73 Å². The summed E-state index contributed by atoms with van der Waals surface area (Å²) in [6.45, 7) is 3.66. The van der Waals surface area contributed by atoms with Gasteiger partial charge >= 0.3 is 16.3 Å². The Labute approximate surface area is 114 Å². The average molecular weight is 294 g/mol. The van der Waals surface area contributed by atoms with Crippen LogP contribution < -0.4 is 10.5 Å². The summed E-state index contributed by atoms with van der Waals surface area (Å²) < 4.78 is 31.0. The van der Waals surface area contributed by atoms with Crippen molar-refractivity contribution in [1.29, 1.82) is 0 Å². The van der Waals surface area contributed by atoms with Gasteiger partial charge in [0.15, 0.2) is 0 Å². The summed E-state index contributed by atoms with van der Waals surface area (Å²) in [5.74, 6) is 0. The number of nitrogens with two attached hydrogens (primary N) is 1. The van der Waals surface area contributed by atoms with Crippen molar-refractivity contribution in [3.05, 3.63) is 0 Å². The van der Waals surface area contributed by atoms with Crippen LogP contribution in [0.25, 0.3) is 0 Å². The standard InChI is InChI=1S/C10H22N4O4S/c1-18-10(15)12-19(16,17)14-8-6-13(7-9-14)5-3-2-4-11/h2-9,11H2,1H3,(H,12,15). The third kappa shape index (κ3) is 5.31. The number of piperazine rings is 1. The Morgan fingerprint density at radius 3 is 2.42 bits per heavy atom. The van der Waals surface area contributed by atoms with Gasteiger partial charge in [-0.25, -0.2) is 9.52 Å². The lowest BCUT2D eigenvalue weighted by Crippen LogP contribution is -2.53. The van der Waals surface area contributed by atoms with Crippen molar-refractivity contribution in [3.63, 3.8) is 0 Å². The Morgan fingerprint density at radius 2 is 1.89 bits per heavy atom. The summed E-state index contributed by atoms with van der Waals surface area (Å²) in [4.78, 5) is 13.1. The molecular weight excluding hydrogens is 272 g/mol. The van der Waals surface area contributed by atoms with Crippen molar-refractivity contribution >= 4 is 16.3 Å². The number of ether oxygens (including phenoxy) is 1. The van der Waals surface area contributed by atoms with E-state index in [1.807, 2.05) is 4.72 Å². The quantitative estimate of drug-likeness (QED) is 0.605. The molecule has 0 unspecified atom stereocenters. The van der Waals surface area contributed by atoms with E-state index in [1.165, 1.54) is 4.31 Å². The molecule has 0 aromatic heterocycles. The van der Waals surface area contributed by atoms with Gasteiger partial charge in [0.25, 0.3) is 0 Å². The van der Waals surface area contributed by atoms with Gasteiger partial charge in [-0.05, 0) is 25.9 Å². The van der Waals surface area contributed by atoms with Crippen molar-refractivity contribution < 1.29 is 17.9 Å². The van der Waals surface area contributed by atoms with E-state index in [1.54, 1.807) is 0 Å². The van der Waals surface area contributed by atoms with Crippen LogP contribution in [-0.4, -0.2) is 70.1 Å². The Bertz CT molecular complexity index is 379. The Kier molecular flexibility index (Phi) is 6.49. The number of carbonyl (C=O) groups is 1. The Balaban J connectivity index is 2.38. The molecule has 1 saturated heterocycles. The first-order valence-corrected chi connectivity index (χ1v) is 7.72. The third-order valence-corrected chi connectivity index (χ3v) is 4.47. The van der Waals surface area contributed by atoms with Crippen LogP contribution in [0.5, 0.6) is 0 Å². The average Bonchev–Trinajstić information content (AvgIpc) is 2.39. The smallest absolute Gasteiger partial charge is 0.421 e. The van der Waals surface area contributed by atoms with Crippen molar-refractivity contribution in [1.82, 2.24) is 13.9 Å². The number of amides is 1. The van der Waals surface area contributed by atoms with Gasteiger partial charge in [-0.15, -0.1) is 0 Å². The van der Waals surface area contributed by atoms with Crippen LogP contribution in [0.3, 0.4) is 0 Å². The SMILES string of the molecule is COC(=O)NS(=O)(=O)N1CCN(CCCCN)CC1. The summed E-state index contributed by atoms with van der Waals surface area (Å²) in [5.41, 5.74) is 5.42. The maximum absolute atomic E-state index is 11.8. The molecule has 0 atom stereocenters. The van der Waals surface area contributed by atoms with E-state index in [-0.39, 0.29) is 0 Å². The topological polar surface area (TPSA) is 105 Å². The van der Waals surface area contributed by atoms with Crippen molar-refractivity contribution in [2.45, 2.75) is 12.8 Å². The predicted octanol–water partition coefficient (Wildman–Crippen LogP) is -1.06. The lowest BCUT2D eigenvalue weighted by atomic mass is 10.2. The van der Waals surface area contributed by atoms with Gasteiger partial charge in [0.05, 0.1) is 7.11 Å². The van der Waals surface area contributed by atoms with Gasteiger partial charge in [0.1, 0.15) is 0 Å². The maximum Gasteiger partial charge on any atom is 0.421 e. The van der Waals surface area contributed by atoms with Crippen molar-refractivity contribution in [2.75, 3.05) is 46.4 Å². The highest BCUT2D eigenvalue weighted by atomic mass is 32.2. The van der Waals surface area contributed by atoms with Crippen LogP contribution in [-0.2, 0) is 14.9 Å². The van der Waals surface area contributed by atoms with Crippen molar-refractivity contribution in [3.8, 4) is 0 Å². The molecule has 1 fully saturated rings. The summed E-state index contributed by atoms with van der Waals surface area (Å²) in [7, 11) is -2.66. The number of unbranched alkanes of at least 4 members (excludes halogenated alkanes) is 1. The normalized spacial score (nSPS) is 18.2. The fourth-order valence-electron chi connectivity index (χ4n) is 1.88. The lowest BCUT2D eigenvalue weighted by Gasteiger charge is -2.33. The molecule has 3 N–H and O–H groups in total. The number of rotatable bonds is 6. The fraction of sp³-hybridized carbons (Fsp3) is 0.900. The minimum Gasteiger partial charge on any atom is -0.452 e. The number of nitrogens with zero attached hydrogens (tertiary/aromatic N) is 2. The molecule has 0 aromatic rings. The first-order chi connectivity index (χ1) is 8.99. The van der Waals surface area contributed by atoms with Gasteiger partial charge in [-0.3, -0.25) is 0 Å². The van der Waals surface area contributed by atoms with E-state index < -0.39 is 16.3 Å². The molecule has 1 aliphatic rings. The first kappa shape index (κ1) is 16.2. The molecule has 9 heteroatoms. The second-order valence-corrected chi connectivity index (χ2v) is 6.01. The van der Waals surface area contributed by atoms with Gasteiger partial charge in [0, 0.05) is 26.2 Å². The van der Waals surface area contributed by atoms with Crippen LogP contribution in [0.15, 0.2) is 0 Å². The molecule has 1 heterocycles. The minimum absolute atomic E-state index is 0.370. The molecular formula is C10H22N4O4S. The van der Waals surface area contributed by atoms with Crippen LogP contribution in [0.2, 0.25) is 0 Å². The molecule has 1 rings (SSSR count). The molecule has 0 radical (unpaired) electrons. The molecule has 0 aromatic carbocycles. The lowest BCUT2D eigenvalue weighted by molar-refractivity contribution is 0.171. The summed E-state index contributed by atoms with van der Waals surface area (Å²) in [5, 5.41) is 0. The zero-order chi connectivity index (χ0) is 14.3. The van der Waals surface area contributed by atoms with Crippen LogP contribution in [0.1, 0.15) is 12.8 Å². The number of methoxy groups -OCH3 is 1. The van der Waals surface area contributed by atoms with E-state index in [0.717, 1.165) is 26.5 Å². The minimum atomic E-state index is -3.78. The maximum atomic E-state index is 11.8. The van der Waals surface area contributed by atoms with Gasteiger partial charge < -0.3 is 15.4 Å². The number of nitrogens with one attached hydrogen (secondary N) is 1. The van der Waals surface area contributed by atoms with E-state index in [4.69, 9.17) is 5.73 Å². The van der Waals surface area contributed by atoms with Gasteiger partial charge in [0.2, 0.25) is 0 Å². The van der Waals surface area contributed by atoms with E-state index in [9.17, 15) is 13.2 Å². The van der Waals surface area contributed by atoms with Crippen LogP contribution in [0.4, 0.5) is 4.79 Å². The van der Waals surface area contributed by atoms with E-state index >= 15 is 0 Å². The third-order valence-electron chi connectivity index (χ3n) is 3.00. The first-order valence-electron chi connectivity index (χ1n) is 6.28. The number of carbonyl (C=O) groups excluding carboxylic acids is 1. The number of hydrogen-bond donors (Lipinski definition) is 2. The van der Waals surface area contributed by atoms with E-state index in [2.05, 4.69) is 9.64 Å². The highest BCUT2D eigenvalue weighted by Crippen LogP contribution is 2.07. The molecule has 19 heavy (non-hydrogen) atoms. The molecule has 0 saturated carbocycles. The second-order valence-electron chi connectivity index (χ2n) is 4.34. The highest BCUT2D eigenvalue weighted by Gasteiger charge is 2.28. The van der Waals surface area contributed by atoms with Crippen LogP contribution in [0, 0.1) is 0 Å². The monoisotopic (exact) mass is 294 g/mol. The number of hydrogen-bond acceptors (Lipinski definition) is 6.